The lowest BCUT2D eigenvalue weighted by molar-refractivity contribution is -0.384. The van der Waals surface area contributed by atoms with Crippen molar-refractivity contribution in [2.45, 2.75) is 42.9 Å². The van der Waals surface area contributed by atoms with Gasteiger partial charge in [0.15, 0.2) is 0 Å². The molecule has 2 aromatic carbocycles. The number of benzene rings is 2. The Morgan fingerprint density at radius 3 is 2.08 bits per heavy atom. The summed E-state index contributed by atoms with van der Waals surface area (Å²) >= 11 is 0. The van der Waals surface area contributed by atoms with Crippen LogP contribution >= 0.6 is 0 Å². The molecular formula is C18H19NO5S. The fraction of sp³-hybridized carbons (Fsp3) is 0.333. The van der Waals surface area contributed by atoms with E-state index in [2.05, 4.69) is 0 Å². The topological polar surface area (TPSA) is 86.5 Å². The van der Waals surface area contributed by atoms with Crippen molar-refractivity contribution in [3.8, 4) is 5.75 Å². The highest BCUT2D eigenvalue weighted by atomic mass is 32.2. The molecule has 1 aliphatic rings. The van der Waals surface area contributed by atoms with E-state index >= 15 is 0 Å². The van der Waals surface area contributed by atoms with Gasteiger partial charge in [-0.3, -0.25) is 10.1 Å². The van der Waals surface area contributed by atoms with E-state index in [1.165, 1.54) is 49.8 Å². The molecule has 0 unspecified atom stereocenters. The number of nitro benzene ring substituents is 1. The SMILES string of the molecule is O=[N+]([O-])c1ccc(S(=O)(=O)Oc2ccc(C3CCCCC3)cc2)cc1. The van der Waals surface area contributed by atoms with Gasteiger partial charge in [-0.05, 0) is 48.6 Å². The second-order valence-corrected chi connectivity index (χ2v) is 7.74. The van der Waals surface area contributed by atoms with E-state index in [4.69, 9.17) is 4.18 Å². The maximum Gasteiger partial charge on any atom is 0.339 e. The monoisotopic (exact) mass is 361 g/mol. The van der Waals surface area contributed by atoms with E-state index in [0.717, 1.165) is 12.1 Å². The molecule has 0 bridgehead atoms. The minimum atomic E-state index is -4.02. The first-order chi connectivity index (χ1) is 12.0. The Balaban J connectivity index is 1.73. The van der Waals surface area contributed by atoms with Crippen molar-refractivity contribution >= 4 is 15.8 Å². The van der Waals surface area contributed by atoms with Gasteiger partial charge in [-0.15, -0.1) is 0 Å². The van der Waals surface area contributed by atoms with Gasteiger partial charge in [0.05, 0.1) is 4.92 Å². The molecule has 1 saturated carbocycles. The molecule has 25 heavy (non-hydrogen) atoms. The first-order valence-corrected chi connectivity index (χ1v) is 9.65. The average molecular weight is 361 g/mol. The summed E-state index contributed by atoms with van der Waals surface area (Å²) < 4.78 is 29.7. The zero-order valence-corrected chi connectivity index (χ0v) is 14.4. The standard InChI is InChI=1S/C18H19NO5S/c20-19(21)16-8-12-18(13-9-16)25(22,23)24-17-10-6-15(7-11-17)14-4-2-1-3-5-14/h6-14H,1-5H2. The third kappa shape index (κ3) is 4.17. The molecule has 0 amide bonds. The molecule has 1 fully saturated rings. The normalized spacial score (nSPS) is 15.7. The van der Waals surface area contributed by atoms with Crippen molar-refractivity contribution in [3.63, 3.8) is 0 Å². The lowest BCUT2D eigenvalue weighted by atomic mass is 9.84. The second-order valence-electron chi connectivity index (χ2n) is 6.19. The Morgan fingerprint density at radius 2 is 1.52 bits per heavy atom. The van der Waals surface area contributed by atoms with Gasteiger partial charge in [0.25, 0.3) is 5.69 Å². The zero-order chi connectivity index (χ0) is 17.9. The lowest BCUT2D eigenvalue weighted by Crippen LogP contribution is -2.10. The molecule has 0 N–H and O–H groups in total. The molecule has 7 heteroatoms. The van der Waals surface area contributed by atoms with Crippen molar-refractivity contribution in [1.29, 1.82) is 0 Å². The number of rotatable bonds is 5. The summed E-state index contributed by atoms with van der Waals surface area (Å²) in [5.74, 6) is 0.770. The van der Waals surface area contributed by atoms with Gasteiger partial charge in [0.1, 0.15) is 10.6 Å². The fourth-order valence-electron chi connectivity index (χ4n) is 3.14. The van der Waals surface area contributed by atoms with Gasteiger partial charge in [-0.2, -0.15) is 8.42 Å². The summed E-state index contributed by atoms with van der Waals surface area (Å²) in [5, 5.41) is 10.6. The number of nitrogens with zero attached hydrogens (tertiary/aromatic N) is 1. The molecule has 0 aromatic heterocycles. The molecule has 6 nitrogen and oxygen atoms in total. The number of hydrogen-bond donors (Lipinski definition) is 0. The molecule has 0 heterocycles. The van der Waals surface area contributed by atoms with Gasteiger partial charge in [-0.25, -0.2) is 0 Å². The Labute approximate surface area is 146 Å². The molecule has 0 saturated heterocycles. The Hall–Kier alpha value is -2.41. The van der Waals surface area contributed by atoms with Crippen molar-refractivity contribution in [2.75, 3.05) is 0 Å². The summed E-state index contributed by atoms with van der Waals surface area (Å²) in [6.07, 6.45) is 6.09. The lowest BCUT2D eigenvalue weighted by Gasteiger charge is -2.22. The van der Waals surface area contributed by atoms with E-state index in [-0.39, 0.29) is 16.3 Å². The highest BCUT2D eigenvalue weighted by Gasteiger charge is 2.19. The largest absolute Gasteiger partial charge is 0.379 e. The van der Waals surface area contributed by atoms with Gasteiger partial charge in [0.2, 0.25) is 0 Å². The predicted octanol–water partition coefficient (Wildman–Crippen LogP) is 4.41. The van der Waals surface area contributed by atoms with Crippen LogP contribution < -0.4 is 4.18 Å². The van der Waals surface area contributed by atoms with Crippen LogP contribution in [0.15, 0.2) is 53.4 Å². The van der Waals surface area contributed by atoms with E-state index in [1.807, 2.05) is 12.1 Å². The molecule has 2 aromatic rings. The van der Waals surface area contributed by atoms with E-state index in [1.54, 1.807) is 12.1 Å². The third-order valence-electron chi connectivity index (χ3n) is 4.50. The Bertz CT molecular complexity index is 838. The van der Waals surface area contributed by atoms with Crippen LogP contribution in [0.4, 0.5) is 5.69 Å². The fourth-order valence-corrected chi connectivity index (χ4v) is 4.07. The van der Waals surface area contributed by atoms with Crippen LogP contribution in [-0.2, 0) is 10.1 Å². The van der Waals surface area contributed by atoms with Crippen molar-refractivity contribution in [2.24, 2.45) is 0 Å². The van der Waals surface area contributed by atoms with Crippen LogP contribution in [0.2, 0.25) is 0 Å². The van der Waals surface area contributed by atoms with E-state index in [0.29, 0.717) is 5.92 Å². The predicted molar refractivity (Wildman–Crippen MR) is 93.2 cm³/mol. The Morgan fingerprint density at radius 1 is 0.920 bits per heavy atom. The summed E-state index contributed by atoms with van der Waals surface area (Å²) in [5.41, 5.74) is 1.04. The van der Waals surface area contributed by atoms with Crippen molar-refractivity contribution in [3.05, 3.63) is 64.2 Å². The van der Waals surface area contributed by atoms with Crippen LogP contribution in [0.1, 0.15) is 43.6 Å². The quantitative estimate of drug-likeness (QED) is 0.447. The summed E-state index contributed by atoms with van der Waals surface area (Å²) in [6, 6.07) is 11.8. The van der Waals surface area contributed by atoms with Gasteiger partial charge < -0.3 is 4.18 Å². The van der Waals surface area contributed by atoms with Crippen LogP contribution in [0, 0.1) is 10.1 Å². The molecule has 3 rings (SSSR count). The minimum absolute atomic E-state index is 0.116. The molecule has 0 aliphatic heterocycles. The smallest absolute Gasteiger partial charge is 0.339 e. The highest BCUT2D eigenvalue weighted by Crippen LogP contribution is 2.33. The zero-order valence-electron chi connectivity index (χ0n) is 13.6. The van der Waals surface area contributed by atoms with Crippen LogP contribution in [0.25, 0.3) is 0 Å². The van der Waals surface area contributed by atoms with E-state index < -0.39 is 15.0 Å². The maximum absolute atomic E-state index is 12.3. The van der Waals surface area contributed by atoms with Gasteiger partial charge in [0, 0.05) is 12.1 Å². The molecule has 0 spiro atoms. The molecular weight excluding hydrogens is 342 g/mol. The van der Waals surface area contributed by atoms with Crippen LogP contribution in [0.5, 0.6) is 5.75 Å². The van der Waals surface area contributed by atoms with Gasteiger partial charge in [-0.1, -0.05) is 31.4 Å². The number of non-ortho nitro benzene ring substituents is 1. The molecule has 0 radical (unpaired) electrons. The number of nitro groups is 1. The maximum atomic E-state index is 12.3. The van der Waals surface area contributed by atoms with E-state index in [9.17, 15) is 18.5 Å². The van der Waals surface area contributed by atoms with Crippen LogP contribution in [-0.4, -0.2) is 13.3 Å². The first kappa shape index (κ1) is 17.4. The summed E-state index contributed by atoms with van der Waals surface area (Å²) in [6.45, 7) is 0. The average Bonchev–Trinajstić information content (AvgIpc) is 2.63. The minimum Gasteiger partial charge on any atom is -0.379 e. The van der Waals surface area contributed by atoms with Crippen LogP contribution in [0.3, 0.4) is 0 Å². The second kappa shape index (κ2) is 7.23. The number of hydrogen-bond acceptors (Lipinski definition) is 5. The van der Waals surface area contributed by atoms with Crippen molar-refractivity contribution in [1.82, 2.24) is 0 Å². The molecule has 132 valence electrons. The third-order valence-corrected chi connectivity index (χ3v) is 5.76. The molecule has 1 aliphatic carbocycles. The van der Waals surface area contributed by atoms with Crippen molar-refractivity contribution < 1.29 is 17.5 Å². The van der Waals surface area contributed by atoms with Gasteiger partial charge >= 0.3 is 10.1 Å². The highest BCUT2D eigenvalue weighted by molar-refractivity contribution is 7.87. The summed E-state index contributed by atoms with van der Waals surface area (Å²) in [4.78, 5) is 9.94. The Kier molecular flexibility index (Phi) is 5.03. The summed E-state index contributed by atoms with van der Waals surface area (Å²) in [7, 11) is -4.02. The molecule has 0 atom stereocenters. The first-order valence-electron chi connectivity index (χ1n) is 8.24.